The van der Waals surface area contributed by atoms with Gasteiger partial charge in [-0.1, -0.05) is 13.8 Å². The van der Waals surface area contributed by atoms with E-state index < -0.39 is 0 Å². The molecule has 2 rings (SSSR count). The zero-order valence-electron chi connectivity index (χ0n) is 13.3. The van der Waals surface area contributed by atoms with Gasteiger partial charge in [0.15, 0.2) is 0 Å². The zero-order chi connectivity index (χ0) is 15.5. The molecule has 0 bridgehead atoms. The van der Waals surface area contributed by atoms with E-state index in [9.17, 15) is 4.79 Å². The van der Waals surface area contributed by atoms with E-state index in [0.29, 0.717) is 19.7 Å². The first-order valence-electron chi connectivity index (χ1n) is 7.61. The second-order valence-electron chi connectivity index (χ2n) is 5.76. The molecule has 118 valence electrons. The van der Waals surface area contributed by atoms with Gasteiger partial charge in [-0.3, -0.25) is 0 Å². The fourth-order valence-electron chi connectivity index (χ4n) is 2.34. The van der Waals surface area contributed by atoms with Crippen LogP contribution in [0.4, 0.5) is 4.79 Å². The van der Waals surface area contributed by atoms with Crippen LogP contribution in [0.3, 0.4) is 0 Å². The number of hydrogen-bond acceptors (Lipinski definition) is 4. The van der Waals surface area contributed by atoms with Crippen LogP contribution in [-0.2, 0) is 11.2 Å². The fraction of sp³-hybridized carbons (Fsp3) is 0.733. The maximum atomic E-state index is 12.4. The van der Waals surface area contributed by atoms with E-state index in [4.69, 9.17) is 4.74 Å². The van der Waals surface area contributed by atoms with Crippen LogP contribution in [0.25, 0.3) is 0 Å². The number of carbonyl (C=O) groups is 1. The molecule has 6 heteroatoms. The highest BCUT2D eigenvalue weighted by Crippen LogP contribution is 2.23. The maximum Gasteiger partial charge on any atom is 0.318 e. The molecule has 2 amide bonds. The average molecular weight is 311 g/mol. The molecule has 0 radical (unpaired) electrons. The lowest BCUT2D eigenvalue weighted by atomic mass is 10.0. The Labute approximate surface area is 130 Å². The first kappa shape index (κ1) is 16.2. The van der Waals surface area contributed by atoms with Gasteiger partial charge in [0.1, 0.15) is 5.01 Å². The highest BCUT2D eigenvalue weighted by atomic mass is 32.1. The molecule has 0 aromatic carbocycles. The molecule has 0 spiro atoms. The third kappa shape index (κ3) is 3.95. The molecule has 21 heavy (non-hydrogen) atoms. The van der Waals surface area contributed by atoms with E-state index in [1.54, 1.807) is 11.3 Å². The van der Waals surface area contributed by atoms with E-state index in [0.717, 1.165) is 17.8 Å². The number of thiazole rings is 1. The average Bonchev–Trinajstić information content (AvgIpc) is 2.96. The monoisotopic (exact) mass is 311 g/mol. The Balaban J connectivity index is 1.94. The van der Waals surface area contributed by atoms with E-state index in [1.165, 1.54) is 4.88 Å². The SMILES string of the molecule is CCc1cnc(C(C)NC(=O)N2CCOC(C)(CC)C2)s1. The lowest BCUT2D eigenvalue weighted by molar-refractivity contribution is -0.0874. The van der Waals surface area contributed by atoms with Crippen LogP contribution in [0.2, 0.25) is 0 Å². The standard InChI is InChI=1S/C15H25N3O2S/c1-5-12-9-16-13(21-12)11(3)17-14(19)18-7-8-20-15(4,6-2)10-18/h9,11H,5-8,10H2,1-4H3,(H,17,19). The largest absolute Gasteiger partial charge is 0.372 e. The van der Waals surface area contributed by atoms with E-state index in [2.05, 4.69) is 31.1 Å². The van der Waals surface area contributed by atoms with Gasteiger partial charge in [-0.25, -0.2) is 9.78 Å². The molecule has 1 aromatic heterocycles. The Hall–Kier alpha value is -1.14. The topological polar surface area (TPSA) is 54.5 Å². The molecular weight excluding hydrogens is 286 g/mol. The number of ether oxygens (including phenoxy) is 1. The highest BCUT2D eigenvalue weighted by molar-refractivity contribution is 7.11. The Bertz CT molecular complexity index is 491. The lowest BCUT2D eigenvalue weighted by Gasteiger charge is -2.40. The van der Waals surface area contributed by atoms with Gasteiger partial charge in [-0.15, -0.1) is 11.3 Å². The van der Waals surface area contributed by atoms with Gasteiger partial charge in [0.05, 0.1) is 24.8 Å². The summed E-state index contributed by atoms with van der Waals surface area (Å²) < 4.78 is 5.77. The number of carbonyl (C=O) groups excluding carboxylic acids is 1. The van der Waals surface area contributed by atoms with Crippen LogP contribution in [-0.4, -0.2) is 41.2 Å². The number of aromatic nitrogens is 1. The second kappa shape index (κ2) is 6.75. The summed E-state index contributed by atoms with van der Waals surface area (Å²) in [4.78, 5) is 19.9. The highest BCUT2D eigenvalue weighted by Gasteiger charge is 2.33. The predicted octanol–water partition coefficient (Wildman–Crippen LogP) is 2.98. The van der Waals surface area contributed by atoms with Crippen LogP contribution in [0.15, 0.2) is 6.20 Å². The Kier molecular flexibility index (Phi) is 5.22. The van der Waals surface area contributed by atoms with Crippen molar-refractivity contribution in [1.29, 1.82) is 0 Å². The molecule has 1 aliphatic rings. The molecule has 1 aromatic rings. The number of amides is 2. The normalized spacial score (nSPS) is 23.9. The summed E-state index contributed by atoms with van der Waals surface area (Å²) >= 11 is 1.66. The van der Waals surface area contributed by atoms with Crippen LogP contribution in [0.1, 0.15) is 50.0 Å². The summed E-state index contributed by atoms with van der Waals surface area (Å²) in [6.07, 6.45) is 3.78. The van der Waals surface area contributed by atoms with Crippen molar-refractivity contribution in [2.75, 3.05) is 19.7 Å². The van der Waals surface area contributed by atoms with Gasteiger partial charge >= 0.3 is 6.03 Å². The number of morpholine rings is 1. The van der Waals surface area contributed by atoms with Gasteiger partial charge in [0.2, 0.25) is 0 Å². The molecule has 1 aliphatic heterocycles. The summed E-state index contributed by atoms with van der Waals surface area (Å²) in [6, 6.07) is -0.0859. The first-order chi connectivity index (χ1) is 9.97. The number of rotatable bonds is 4. The summed E-state index contributed by atoms with van der Waals surface area (Å²) in [5.41, 5.74) is -0.227. The second-order valence-corrected chi connectivity index (χ2v) is 6.91. The van der Waals surface area contributed by atoms with Crippen molar-refractivity contribution in [2.45, 2.75) is 52.2 Å². The lowest BCUT2D eigenvalue weighted by Crippen LogP contribution is -2.54. The van der Waals surface area contributed by atoms with Gasteiger partial charge in [-0.2, -0.15) is 0 Å². The van der Waals surface area contributed by atoms with Crippen LogP contribution in [0.5, 0.6) is 0 Å². The van der Waals surface area contributed by atoms with Crippen molar-refractivity contribution < 1.29 is 9.53 Å². The number of aryl methyl sites for hydroxylation is 1. The number of nitrogens with zero attached hydrogens (tertiary/aromatic N) is 2. The van der Waals surface area contributed by atoms with E-state index >= 15 is 0 Å². The Morgan fingerprint density at radius 3 is 3.00 bits per heavy atom. The number of urea groups is 1. The van der Waals surface area contributed by atoms with Gasteiger partial charge < -0.3 is 15.0 Å². The summed E-state index contributed by atoms with van der Waals surface area (Å²) in [5.74, 6) is 0. The maximum absolute atomic E-state index is 12.4. The van der Waals surface area contributed by atoms with Crippen LogP contribution < -0.4 is 5.32 Å². The van der Waals surface area contributed by atoms with E-state index in [-0.39, 0.29) is 17.7 Å². The summed E-state index contributed by atoms with van der Waals surface area (Å²) in [6.45, 7) is 10.1. The van der Waals surface area contributed by atoms with Crippen molar-refractivity contribution in [3.8, 4) is 0 Å². The quantitative estimate of drug-likeness (QED) is 0.930. The minimum Gasteiger partial charge on any atom is -0.372 e. The Morgan fingerprint density at radius 1 is 1.62 bits per heavy atom. The number of hydrogen-bond donors (Lipinski definition) is 1. The third-order valence-corrected chi connectivity index (χ3v) is 5.33. The third-order valence-electron chi connectivity index (χ3n) is 4.00. The molecule has 0 saturated carbocycles. The van der Waals surface area contributed by atoms with Crippen LogP contribution >= 0.6 is 11.3 Å². The molecule has 5 nitrogen and oxygen atoms in total. The fourth-order valence-corrected chi connectivity index (χ4v) is 3.20. The van der Waals surface area contributed by atoms with Crippen molar-refractivity contribution in [3.63, 3.8) is 0 Å². The summed E-state index contributed by atoms with van der Waals surface area (Å²) in [5, 5.41) is 4.01. The molecule has 2 heterocycles. The Morgan fingerprint density at radius 2 is 2.38 bits per heavy atom. The van der Waals surface area contributed by atoms with Crippen molar-refractivity contribution in [3.05, 3.63) is 16.1 Å². The van der Waals surface area contributed by atoms with Gasteiger partial charge in [0.25, 0.3) is 0 Å². The first-order valence-corrected chi connectivity index (χ1v) is 8.43. The van der Waals surface area contributed by atoms with Gasteiger partial charge in [-0.05, 0) is 26.7 Å². The number of nitrogens with one attached hydrogen (secondary N) is 1. The molecule has 1 N–H and O–H groups in total. The molecular formula is C15H25N3O2S. The smallest absolute Gasteiger partial charge is 0.318 e. The van der Waals surface area contributed by atoms with Gasteiger partial charge in [0, 0.05) is 17.6 Å². The molecule has 1 fully saturated rings. The minimum absolute atomic E-state index is 0.0290. The molecule has 2 unspecified atom stereocenters. The summed E-state index contributed by atoms with van der Waals surface area (Å²) in [7, 11) is 0. The van der Waals surface area contributed by atoms with Crippen molar-refractivity contribution in [2.24, 2.45) is 0 Å². The van der Waals surface area contributed by atoms with E-state index in [1.807, 2.05) is 18.0 Å². The molecule has 0 aliphatic carbocycles. The molecule has 2 atom stereocenters. The predicted molar refractivity (Wildman–Crippen MR) is 84.7 cm³/mol. The molecule has 1 saturated heterocycles. The van der Waals surface area contributed by atoms with Crippen LogP contribution in [0, 0.1) is 0 Å². The van der Waals surface area contributed by atoms with Crippen molar-refractivity contribution in [1.82, 2.24) is 15.2 Å². The zero-order valence-corrected chi connectivity index (χ0v) is 14.1. The minimum atomic E-state index is -0.227. The van der Waals surface area contributed by atoms with Crippen molar-refractivity contribution >= 4 is 17.4 Å².